The average Bonchev–Trinajstić information content (AvgIpc) is 2.25. The van der Waals surface area contributed by atoms with E-state index in [2.05, 4.69) is 37.1 Å². The molecule has 0 saturated carbocycles. The number of rotatable bonds is 7. The van der Waals surface area contributed by atoms with Crippen molar-refractivity contribution in [1.29, 1.82) is 5.26 Å². The fourth-order valence-electron chi connectivity index (χ4n) is 1.90. The third kappa shape index (κ3) is 4.63. The molecule has 0 bridgehead atoms. The van der Waals surface area contributed by atoms with Crippen LogP contribution in [0.5, 0.6) is 0 Å². The molecule has 0 aromatic carbocycles. The highest BCUT2D eigenvalue weighted by Gasteiger charge is 2.26. The maximum atomic E-state index is 9.09. The van der Waals surface area contributed by atoms with E-state index in [0.717, 1.165) is 19.5 Å². The van der Waals surface area contributed by atoms with Crippen molar-refractivity contribution in [3.8, 4) is 6.07 Å². The highest BCUT2D eigenvalue weighted by atomic mass is 15.1. The lowest BCUT2D eigenvalue weighted by Crippen LogP contribution is -2.45. The van der Waals surface area contributed by atoms with Crippen LogP contribution in [0.1, 0.15) is 40.5 Å². The van der Waals surface area contributed by atoms with Crippen LogP contribution in [0.4, 0.5) is 0 Å². The zero-order chi connectivity index (χ0) is 11.9. The predicted molar refractivity (Wildman–Crippen MR) is 64.7 cm³/mol. The fourth-order valence-corrected chi connectivity index (χ4v) is 1.90. The van der Waals surface area contributed by atoms with Gasteiger partial charge in [0.2, 0.25) is 0 Å². The van der Waals surface area contributed by atoms with Gasteiger partial charge in [-0.25, -0.2) is 0 Å². The van der Waals surface area contributed by atoms with E-state index in [1.165, 1.54) is 6.42 Å². The Morgan fingerprint density at radius 1 is 1.47 bits per heavy atom. The molecule has 3 nitrogen and oxygen atoms in total. The molecule has 15 heavy (non-hydrogen) atoms. The van der Waals surface area contributed by atoms with Gasteiger partial charge < -0.3 is 10.2 Å². The van der Waals surface area contributed by atoms with E-state index in [1.54, 1.807) is 0 Å². The van der Waals surface area contributed by atoms with Gasteiger partial charge in [0, 0.05) is 6.04 Å². The summed E-state index contributed by atoms with van der Waals surface area (Å²) in [5.74, 6) is 0. The van der Waals surface area contributed by atoms with E-state index in [4.69, 9.17) is 5.26 Å². The molecule has 3 heteroatoms. The Bertz CT molecular complexity index is 209. The molecule has 0 aliphatic rings. The molecule has 0 heterocycles. The minimum Gasteiger partial charge on any atom is -0.303 e. The molecule has 0 amide bonds. The number of hydrogen-bond acceptors (Lipinski definition) is 3. The number of nitrogens with one attached hydrogen (secondary N) is 1. The summed E-state index contributed by atoms with van der Waals surface area (Å²) in [5, 5.41) is 12.2. The Labute approximate surface area is 94.5 Å². The van der Waals surface area contributed by atoms with Crippen molar-refractivity contribution in [3.63, 3.8) is 0 Å². The molecule has 0 fully saturated rings. The Hall–Kier alpha value is -0.590. The maximum Gasteiger partial charge on any atom is 0.105 e. The second-order valence-electron chi connectivity index (χ2n) is 4.38. The molecule has 0 aromatic rings. The fraction of sp³-hybridized carbons (Fsp3) is 0.917. The molecule has 0 spiro atoms. The molecule has 0 radical (unpaired) electrons. The van der Waals surface area contributed by atoms with E-state index in [9.17, 15) is 0 Å². The van der Waals surface area contributed by atoms with Crippen LogP contribution in [-0.4, -0.2) is 36.6 Å². The lowest BCUT2D eigenvalue weighted by atomic mass is 9.94. The van der Waals surface area contributed by atoms with E-state index < -0.39 is 5.54 Å². The molecule has 0 aliphatic heterocycles. The van der Waals surface area contributed by atoms with Crippen LogP contribution in [0.25, 0.3) is 0 Å². The van der Waals surface area contributed by atoms with Crippen molar-refractivity contribution < 1.29 is 0 Å². The summed E-state index contributed by atoms with van der Waals surface area (Å²) >= 11 is 0. The number of hydrogen-bond donors (Lipinski definition) is 1. The van der Waals surface area contributed by atoms with Crippen LogP contribution in [0.15, 0.2) is 0 Å². The summed E-state index contributed by atoms with van der Waals surface area (Å²) in [4.78, 5) is 2.42. The van der Waals surface area contributed by atoms with Crippen LogP contribution in [0.2, 0.25) is 0 Å². The van der Waals surface area contributed by atoms with Gasteiger partial charge >= 0.3 is 0 Å². The van der Waals surface area contributed by atoms with Crippen molar-refractivity contribution in [2.45, 2.75) is 52.1 Å². The summed E-state index contributed by atoms with van der Waals surface area (Å²) in [5.41, 5.74) is -0.402. The van der Waals surface area contributed by atoms with Crippen LogP contribution >= 0.6 is 0 Å². The lowest BCUT2D eigenvalue weighted by Gasteiger charge is -2.32. The Balaban J connectivity index is 4.32. The van der Waals surface area contributed by atoms with Gasteiger partial charge in [-0.05, 0) is 46.8 Å². The van der Waals surface area contributed by atoms with Gasteiger partial charge in [-0.3, -0.25) is 0 Å². The first-order valence-corrected chi connectivity index (χ1v) is 5.87. The second kappa shape index (κ2) is 6.81. The van der Waals surface area contributed by atoms with Gasteiger partial charge in [0.1, 0.15) is 5.54 Å². The first-order chi connectivity index (χ1) is 7.02. The Kier molecular flexibility index (Phi) is 6.55. The molecule has 0 aliphatic carbocycles. The van der Waals surface area contributed by atoms with Gasteiger partial charge in [-0.1, -0.05) is 13.8 Å². The molecule has 0 rings (SSSR count). The van der Waals surface area contributed by atoms with Crippen molar-refractivity contribution in [2.75, 3.05) is 20.1 Å². The smallest absolute Gasteiger partial charge is 0.105 e. The Morgan fingerprint density at radius 3 is 2.40 bits per heavy atom. The van der Waals surface area contributed by atoms with E-state index >= 15 is 0 Å². The standard InChI is InChI=1S/C12H25N3/c1-6-8-15(7-2)11(3)9-12(4,10-13)14-5/h11,14H,6-9H2,1-5H3. The summed E-state index contributed by atoms with van der Waals surface area (Å²) in [6.45, 7) is 10.7. The minimum atomic E-state index is -0.402. The van der Waals surface area contributed by atoms with Gasteiger partial charge in [0.25, 0.3) is 0 Å². The zero-order valence-electron chi connectivity index (χ0n) is 10.8. The zero-order valence-corrected chi connectivity index (χ0v) is 10.8. The SMILES string of the molecule is CCCN(CC)C(C)CC(C)(C#N)NC. The number of nitriles is 1. The quantitative estimate of drug-likeness (QED) is 0.700. The first kappa shape index (κ1) is 14.4. The summed E-state index contributed by atoms with van der Waals surface area (Å²) in [6.07, 6.45) is 2.04. The molecule has 2 atom stereocenters. The van der Waals surface area contributed by atoms with Crippen LogP contribution in [-0.2, 0) is 0 Å². The second-order valence-corrected chi connectivity index (χ2v) is 4.38. The molecular weight excluding hydrogens is 186 g/mol. The normalized spacial score (nSPS) is 17.1. The summed E-state index contributed by atoms with van der Waals surface area (Å²) in [7, 11) is 1.85. The van der Waals surface area contributed by atoms with E-state index in [0.29, 0.717) is 6.04 Å². The molecule has 2 unspecified atom stereocenters. The first-order valence-electron chi connectivity index (χ1n) is 5.87. The summed E-state index contributed by atoms with van der Waals surface area (Å²) in [6, 6.07) is 2.79. The third-order valence-electron chi connectivity index (χ3n) is 3.04. The van der Waals surface area contributed by atoms with Crippen molar-refractivity contribution >= 4 is 0 Å². The van der Waals surface area contributed by atoms with Gasteiger partial charge in [0.05, 0.1) is 6.07 Å². The lowest BCUT2D eigenvalue weighted by molar-refractivity contribution is 0.187. The van der Waals surface area contributed by atoms with Crippen molar-refractivity contribution in [3.05, 3.63) is 0 Å². The maximum absolute atomic E-state index is 9.09. The highest BCUT2D eigenvalue weighted by Crippen LogP contribution is 2.15. The van der Waals surface area contributed by atoms with Gasteiger partial charge in [0.15, 0.2) is 0 Å². The molecule has 88 valence electrons. The monoisotopic (exact) mass is 211 g/mol. The predicted octanol–water partition coefficient (Wildman–Crippen LogP) is 2.00. The average molecular weight is 211 g/mol. The van der Waals surface area contributed by atoms with E-state index in [-0.39, 0.29) is 0 Å². The number of nitrogens with zero attached hydrogens (tertiary/aromatic N) is 2. The topological polar surface area (TPSA) is 39.1 Å². The molecular formula is C12H25N3. The van der Waals surface area contributed by atoms with Crippen LogP contribution < -0.4 is 5.32 Å². The van der Waals surface area contributed by atoms with Gasteiger partial charge in [-0.15, -0.1) is 0 Å². The van der Waals surface area contributed by atoms with Crippen molar-refractivity contribution in [1.82, 2.24) is 10.2 Å². The largest absolute Gasteiger partial charge is 0.303 e. The molecule has 1 N–H and O–H groups in total. The molecule has 0 saturated heterocycles. The third-order valence-corrected chi connectivity index (χ3v) is 3.04. The van der Waals surface area contributed by atoms with E-state index in [1.807, 2.05) is 14.0 Å². The Morgan fingerprint density at radius 2 is 2.07 bits per heavy atom. The van der Waals surface area contributed by atoms with Gasteiger partial charge in [-0.2, -0.15) is 5.26 Å². The highest BCUT2D eigenvalue weighted by molar-refractivity contribution is 5.04. The van der Waals surface area contributed by atoms with Crippen molar-refractivity contribution in [2.24, 2.45) is 0 Å². The van der Waals surface area contributed by atoms with Crippen LogP contribution in [0, 0.1) is 11.3 Å². The summed E-state index contributed by atoms with van der Waals surface area (Å²) < 4.78 is 0. The van der Waals surface area contributed by atoms with Crippen LogP contribution in [0.3, 0.4) is 0 Å². The minimum absolute atomic E-state index is 0.402. The molecule has 0 aromatic heterocycles.